The van der Waals surface area contributed by atoms with Crippen LogP contribution in [0.3, 0.4) is 0 Å². The average Bonchev–Trinajstić information content (AvgIpc) is 3.17. The Balaban J connectivity index is 1.71. The van der Waals surface area contributed by atoms with Gasteiger partial charge in [-0.3, -0.25) is 24.1 Å². The highest BCUT2D eigenvalue weighted by Crippen LogP contribution is 2.40. The number of nitrogens with zero attached hydrogens (tertiary/aromatic N) is 2. The van der Waals surface area contributed by atoms with Crippen molar-refractivity contribution in [2.24, 2.45) is 5.41 Å². The molecule has 0 saturated carbocycles. The summed E-state index contributed by atoms with van der Waals surface area (Å²) in [6.45, 7) is 6.36. The number of hydrogen-bond acceptors (Lipinski definition) is 8. The molecule has 0 aromatic rings. The van der Waals surface area contributed by atoms with Gasteiger partial charge in [0.1, 0.15) is 29.8 Å². The molecule has 170 valence electrons. The predicted octanol–water partition coefficient (Wildman–Crippen LogP) is 0.236. The van der Waals surface area contributed by atoms with Crippen molar-refractivity contribution in [1.82, 2.24) is 15.1 Å². The van der Waals surface area contributed by atoms with Gasteiger partial charge in [-0.25, -0.2) is 4.79 Å². The summed E-state index contributed by atoms with van der Waals surface area (Å²) >= 11 is 2.76. The van der Waals surface area contributed by atoms with Gasteiger partial charge in [0.15, 0.2) is 0 Å². The molecule has 31 heavy (non-hydrogen) atoms. The lowest BCUT2D eigenvalue weighted by atomic mass is 9.94. The average molecular weight is 472 g/mol. The molecule has 0 radical (unpaired) electrons. The standard InChI is InChI=1S/C19H25N3O7S2/c1-9(23)29-5-10-6-31-16-12(15(25)22(16)13(10)17(26)27)20-14(24)11-7-30-8-21(11)18(28)19(2,3)4/h11-12,16H,5-8H2,1-4H3,(H,20,24)(H,26,27)/t11?,12-,16-/m1/s1. The number of nitrogens with one attached hydrogen (secondary N) is 1. The van der Waals surface area contributed by atoms with E-state index in [1.807, 2.05) is 0 Å². The number of carboxylic acids is 1. The van der Waals surface area contributed by atoms with Gasteiger partial charge in [0, 0.05) is 29.4 Å². The van der Waals surface area contributed by atoms with Gasteiger partial charge in [-0.05, 0) is 0 Å². The minimum Gasteiger partial charge on any atom is -0.477 e. The number of esters is 1. The first-order valence-electron chi connectivity index (χ1n) is 9.66. The Morgan fingerprint density at radius 3 is 2.52 bits per heavy atom. The van der Waals surface area contributed by atoms with Crippen molar-refractivity contribution in [2.45, 2.75) is 45.2 Å². The quantitative estimate of drug-likeness (QED) is 0.427. The molecule has 0 aromatic carbocycles. The molecule has 0 aromatic heterocycles. The van der Waals surface area contributed by atoms with Crippen molar-refractivity contribution in [3.8, 4) is 0 Å². The number of hydrogen-bond donors (Lipinski definition) is 2. The lowest BCUT2D eigenvalue weighted by Crippen LogP contribution is -2.71. The van der Waals surface area contributed by atoms with Crippen LogP contribution in [0.1, 0.15) is 27.7 Å². The van der Waals surface area contributed by atoms with Gasteiger partial charge in [-0.15, -0.1) is 23.5 Å². The van der Waals surface area contributed by atoms with Gasteiger partial charge in [0.2, 0.25) is 11.8 Å². The second-order valence-electron chi connectivity index (χ2n) is 8.47. The number of aliphatic carboxylic acids is 1. The highest BCUT2D eigenvalue weighted by atomic mass is 32.2. The number of carboxylic acid groups (broad SMARTS) is 1. The minimum absolute atomic E-state index is 0.141. The highest BCUT2D eigenvalue weighted by molar-refractivity contribution is 8.00. The molecule has 2 saturated heterocycles. The molecular weight excluding hydrogens is 446 g/mol. The maximum atomic E-state index is 12.9. The van der Waals surface area contributed by atoms with Crippen LogP contribution in [0.4, 0.5) is 0 Å². The molecule has 3 heterocycles. The molecule has 3 aliphatic rings. The summed E-state index contributed by atoms with van der Waals surface area (Å²) in [5, 5.41) is 11.7. The zero-order valence-electron chi connectivity index (χ0n) is 17.7. The Hall–Kier alpha value is -2.21. The minimum atomic E-state index is -1.29. The molecule has 1 unspecified atom stereocenters. The van der Waals surface area contributed by atoms with Crippen molar-refractivity contribution in [3.63, 3.8) is 0 Å². The maximum Gasteiger partial charge on any atom is 0.352 e. The van der Waals surface area contributed by atoms with Gasteiger partial charge < -0.3 is 20.1 Å². The van der Waals surface area contributed by atoms with Gasteiger partial charge in [0.05, 0.1) is 5.88 Å². The number of ether oxygens (including phenoxy) is 1. The molecule has 2 N–H and O–H groups in total. The second-order valence-corrected chi connectivity index (χ2v) is 10.6. The summed E-state index contributed by atoms with van der Waals surface area (Å²) in [4.78, 5) is 63.7. The Bertz CT molecular complexity index is 867. The Morgan fingerprint density at radius 2 is 1.94 bits per heavy atom. The normalized spacial score (nSPS) is 25.7. The summed E-state index contributed by atoms with van der Waals surface area (Å²) in [6.07, 6.45) is 0. The second kappa shape index (κ2) is 8.73. The van der Waals surface area contributed by atoms with E-state index in [1.54, 1.807) is 20.8 Å². The third kappa shape index (κ3) is 4.54. The lowest BCUT2D eigenvalue weighted by Gasteiger charge is -2.49. The van der Waals surface area contributed by atoms with Crippen LogP contribution in [0.15, 0.2) is 11.3 Å². The van der Waals surface area contributed by atoms with Gasteiger partial charge in [0.25, 0.3) is 5.91 Å². The number of amides is 3. The predicted molar refractivity (Wildman–Crippen MR) is 114 cm³/mol. The fourth-order valence-electron chi connectivity index (χ4n) is 3.52. The number of β-lactam (4-membered cyclic amide) rings is 1. The Morgan fingerprint density at radius 1 is 1.26 bits per heavy atom. The van der Waals surface area contributed by atoms with Gasteiger partial charge >= 0.3 is 11.9 Å². The van der Waals surface area contributed by atoms with Gasteiger partial charge in [-0.1, -0.05) is 20.8 Å². The molecule has 0 aliphatic carbocycles. The number of carbonyl (C=O) groups is 5. The molecule has 3 aliphatic heterocycles. The Kier molecular flexibility index (Phi) is 6.61. The molecule has 10 nitrogen and oxygen atoms in total. The maximum absolute atomic E-state index is 12.9. The zero-order valence-corrected chi connectivity index (χ0v) is 19.3. The molecular formula is C19H25N3O7S2. The van der Waals surface area contributed by atoms with Crippen molar-refractivity contribution in [1.29, 1.82) is 0 Å². The molecule has 0 bridgehead atoms. The van der Waals surface area contributed by atoms with Gasteiger partial charge in [-0.2, -0.15) is 0 Å². The van der Waals surface area contributed by atoms with Crippen LogP contribution in [0.2, 0.25) is 0 Å². The van der Waals surface area contributed by atoms with E-state index in [-0.39, 0.29) is 24.0 Å². The van der Waals surface area contributed by atoms with Crippen molar-refractivity contribution in [2.75, 3.05) is 24.0 Å². The molecule has 3 rings (SSSR count). The SMILES string of the molecule is CC(=O)OCC1=C(C(=O)O)N2C(=O)[C@@H](NC(=O)C3CSCN3C(=O)C(C)(C)C)[C@H]2SC1. The van der Waals surface area contributed by atoms with E-state index in [9.17, 15) is 29.1 Å². The van der Waals surface area contributed by atoms with E-state index < -0.39 is 46.6 Å². The first-order valence-corrected chi connectivity index (χ1v) is 11.9. The zero-order chi connectivity index (χ0) is 23.1. The van der Waals surface area contributed by atoms with Crippen LogP contribution in [-0.2, 0) is 28.7 Å². The lowest BCUT2D eigenvalue weighted by molar-refractivity contribution is -0.152. The number of fused-ring (bicyclic) bond motifs is 1. The monoisotopic (exact) mass is 471 g/mol. The molecule has 0 spiro atoms. The summed E-state index contributed by atoms with van der Waals surface area (Å²) in [5.74, 6) is -1.85. The first kappa shape index (κ1) is 23.5. The fraction of sp³-hybridized carbons (Fsp3) is 0.632. The smallest absolute Gasteiger partial charge is 0.352 e. The summed E-state index contributed by atoms with van der Waals surface area (Å²) in [7, 11) is 0. The van der Waals surface area contributed by atoms with E-state index in [2.05, 4.69) is 5.32 Å². The summed E-state index contributed by atoms with van der Waals surface area (Å²) in [5.41, 5.74) is -0.511. The van der Waals surface area contributed by atoms with E-state index >= 15 is 0 Å². The molecule has 12 heteroatoms. The van der Waals surface area contributed by atoms with Crippen LogP contribution in [0.25, 0.3) is 0 Å². The molecule has 3 atom stereocenters. The third-order valence-corrected chi connectivity index (χ3v) is 7.44. The Labute approximate surface area is 188 Å². The van der Waals surface area contributed by atoms with Crippen molar-refractivity contribution in [3.05, 3.63) is 11.3 Å². The van der Waals surface area contributed by atoms with Crippen LogP contribution in [0.5, 0.6) is 0 Å². The topological polar surface area (TPSA) is 133 Å². The number of rotatable bonds is 5. The summed E-state index contributed by atoms with van der Waals surface area (Å²) < 4.78 is 4.90. The van der Waals surface area contributed by atoms with E-state index in [4.69, 9.17) is 4.74 Å². The van der Waals surface area contributed by atoms with Crippen molar-refractivity contribution < 1.29 is 33.8 Å². The number of carbonyl (C=O) groups excluding carboxylic acids is 4. The van der Waals surface area contributed by atoms with E-state index in [1.165, 1.54) is 35.3 Å². The fourth-order valence-corrected chi connectivity index (χ4v) is 6.00. The van der Waals surface area contributed by atoms with Crippen LogP contribution in [0, 0.1) is 5.41 Å². The highest BCUT2D eigenvalue weighted by Gasteiger charge is 2.55. The number of thioether (sulfide) groups is 2. The van der Waals surface area contributed by atoms with Crippen LogP contribution < -0.4 is 5.32 Å². The molecule has 3 amide bonds. The van der Waals surface area contributed by atoms with Crippen LogP contribution in [-0.4, -0.2) is 86.0 Å². The molecule has 2 fully saturated rings. The first-order chi connectivity index (χ1) is 14.4. The van der Waals surface area contributed by atoms with E-state index in [0.29, 0.717) is 17.2 Å². The van der Waals surface area contributed by atoms with Crippen molar-refractivity contribution >= 4 is 53.2 Å². The van der Waals surface area contributed by atoms with E-state index in [0.717, 1.165) is 4.90 Å². The third-order valence-electron chi connectivity index (χ3n) is 5.08. The van der Waals surface area contributed by atoms with Crippen LogP contribution >= 0.6 is 23.5 Å². The summed E-state index contributed by atoms with van der Waals surface area (Å²) in [6, 6.07) is -1.56. The largest absolute Gasteiger partial charge is 0.477 e.